The molecular formula is C22H13Cl2N5O2. The average Bonchev–Trinajstić information content (AvgIpc) is 3.42. The van der Waals surface area contributed by atoms with Crippen molar-refractivity contribution < 1.29 is 9.32 Å². The number of hydrogen-bond acceptors (Lipinski definition) is 6. The smallest absolute Gasteiger partial charge is 0.299 e. The molecule has 0 spiro atoms. The molecule has 0 N–H and O–H groups in total. The molecule has 9 heteroatoms. The molecule has 0 atom stereocenters. The van der Waals surface area contributed by atoms with Gasteiger partial charge in [0, 0.05) is 46.1 Å². The van der Waals surface area contributed by atoms with Crippen LogP contribution in [0.25, 0.3) is 22.4 Å². The highest BCUT2D eigenvalue weighted by Gasteiger charge is 2.23. The Morgan fingerprint density at radius 2 is 1.97 bits per heavy atom. The first kappa shape index (κ1) is 19.4. The van der Waals surface area contributed by atoms with Crippen molar-refractivity contribution in [3.05, 3.63) is 94.3 Å². The van der Waals surface area contributed by atoms with E-state index in [-0.39, 0.29) is 17.5 Å². The lowest BCUT2D eigenvalue weighted by Crippen LogP contribution is -2.02. The molecule has 7 nitrogen and oxygen atoms in total. The van der Waals surface area contributed by atoms with Crippen LogP contribution in [-0.4, -0.2) is 30.5 Å². The van der Waals surface area contributed by atoms with Crippen LogP contribution >= 0.6 is 23.2 Å². The standard InChI is InChI=1S/C22H13Cl2N5O2/c23-14-6-5-13(17(24)9-14)11-29-12-16(15-3-1-2-4-19(15)29)20(30)22-27-21(28-31-22)18-10-25-7-8-26-18/h1-10,12H,11H2. The maximum atomic E-state index is 13.2. The topological polar surface area (TPSA) is 86.7 Å². The van der Waals surface area contributed by atoms with E-state index in [2.05, 4.69) is 20.1 Å². The third kappa shape index (κ3) is 3.69. The van der Waals surface area contributed by atoms with Crippen LogP contribution in [0, 0.1) is 0 Å². The van der Waals surface area contributed by atoms with Crippen LogP contribution in [0.15, 0.2) is 71.8 Å². The van der Waals surface area contributed by atoms with Gasteiger partial charge in [0.1, 0.15) is 5.69 Å². The number of para-hydroxylation sites is 1. The molecule has 2 aromatic carbocycles. The van der Waals surface area contributed by atoms with Gasteiger partial charge in [-0.25, -0.2) is 4.98 Å². The molecule has 0 radical (unpaired) electrons. The zero-order valence-electron chi connectivity index (χ0n) is 15.9. The largest absolute Gasteiger partial charge is 0.342 e. The zero-order valence-corrected chi connectivity index (χ0v) is 17.4. The first-order chi connectivity index (χ1) is 15.1. The molecule has 0 aliphatic heterocycles. The van der Waals surface area contributed by atoms with E-state index in [9.17, 15) is 4.79 Å². The first-order valence-corrected chi connectivity index (χ1v) is 10.0. The minimum absolute atomic E-state index is 0.118. The van der Waals surface area contributed by atoms with Crippen molar-refractivity contribution in [2.45, 2.75) is 6.54 Å². The molecule has 0 unspecified atom stereocenters. The predicted octanol–water partition coefficient (Wildman–Crippen LogP) is 5.07. The summed E-state index contributed by atoms with van der Waals surface area (Å²) >= 11 is 12.4. The molecule has 152 valence electrons. The van der Waals surface area contributed by atoms with E-state index >= 15 is 0 Å². The minimum Gasteiger partial charge on any atom is -0.342 e. The maximum Gasteiger partial charge on any atom is 0.299 e. The monoisotopic (exact) mass is 449 g/mol. The number of carbonyl (C=O) groups is 1. The number of carbonyl (C=O) groups excluding carboxylic acids is 1. The van der Waals surface area contributed by atoms with Crippen LogP contribution in [0.3, 0.4) is 0 Å². The Morgan fingerprint density at radius 1 is 1.10 bits per heavy atom. The number of ketones is 1. The van der Waals surface area contributed by atoms with Crippen molar-refractivity contribution in [3.8, 4) is 11.5 Å². The second-order valence-corrected chi connectivity index (χ2v) is 7.61. The van der Waals surface area contributed by atoms with E-state index in [1.54, 1.807) is 18.3 Å². The Balaban J connectivity index is 1.53. The highest BCUT2D eigenvalue weighted by atomic mass is 35.5. The summed E-state index contributed by atoms with van der Waals surface area (Å²) in [5.41, 5.74) is 2.64. The van der Waals surface area contributed by atoms with Crippen molar-refractivity contribution in [2.24, 2.45) is 0 Å². The van der Waals surface area contributed by atoms with Crippen LogP contribution in [0.5, 0.6) is 0 Å². The van der Waals surface area contributed by atoms with E-state index < -0.39 is 0 Å². The van der Waals surface area contributed by atoms with E-state index in [0.29, 0.717) is 27.8 Å². The third-order valence-electron chi connectivity index (χ3n) is 4.80. The number of rotatable bonds is 5. The Morgan fingerprint density at radius 3 is 2.77 bits per heavy atom. The molecule has 0 fully saturated rings. The quantitative estimate of drug-likeness (QED) is 0.348. The second-order valence-electron chi connectivity index (χ2n) is 6.77. The maximum absolute atomic E-state index is 13.2. The van der Waals surface area contributed by atoms with Gasteiger partial charge in [0.25, 0.3) is 11.7 Å². The summed E-state index contributed by atoms with van der Waals surface area (Å²) in [5.74, 6) is -0.291. The van der Waals surface area contributed by atoms with Crippen molar-refractivity contribution in [3.63, 3.8) is 0 Å². The lowest BCUT2D eigenvalue weighted by molar-refractivity contribution is 0.0995. The summed E-state index contributed by atoms with van der Waals surface area (Å²) in [6.07, 6.45) is 6.32. The fourth-order valence-corrected chi connectivity index (χ4v) is 3.81. The SMILES string of the molecule is O=C(c1nc(-c2cnccn2)no1)c1cn(Cc2ccc(Cl)cc2Cl)c2ccccc12. The fraction of sp³-hybridized carbons (Fsp3) is 0.0455. The summed E-state index contributed by atoms with van der Waals surface area (Å²) in [4.78, 5) is 25.5. The first-order valence-electron chi connectivity index (χ1n) is 9.27. The molecule has 0 amide bonds. The number of halogens is 2. The van der Waals surface area contributed by atoms with E-state index in [1.165, 1.54) is 18.6 Å². The number of aromatic nitrogens is 5. The summed E-state index contributed by atoms with van der Waals surface area (Å²) in [5, 5.41) is 5.76. The Kier molecular flexibility index (Phi) is 4.97. The van der Waals surface area contributed by atoms with Gasteiger partial charge in [0.15, 0.2) is 0 Å². The minimum atomic E-state index is -0.375. The van der Waals surface area contributed by atoms with Crippen molar-refractivity contribution in [1.82, 2.24) is 24.7 Å². The van der Waals surface area contributed by atoms with Gasteiger partial charge in [0.05, 0.1) is 11.8 Å². The fourth-order valence-electron chi connectivity index (χ4n) is 3.34. The molecule has 0 aliphatic rings. The van der Waals surface area contributed by atoms with Crippen LogP contribution in [0.1, 0.15) is 21.8 Å². The molecular weight excluding hydrogens is 437 g/mol. The molecule has 31 heavy (non-hydrogen) atoms. The predicted molar refractivity (Wildman–Crippen MR) is 116 cm³/mol. The summed E-state index contributed by atoms with van der Waals surface area (Å²) in [7, 11) is 0. The summed E-state index contributed by atoms with van der Waals surface area (Å²) in [6, 6.07) is 13.0. The van der Waals surface area contributed by atoms with Gasteiger partial charge in [-0.3, -0.25) is 9.78 Å². The van der Waals surface area contributed by atoms with Gasteiger partial charge >= 0.3 is 0 Å². The van der Waals surface area contributed by atoms with E-state index in [0.717, 1.165) is 16.5 Å². The van der Waals surface area contributed by atoms with Gasteiger partial charge in [-0.15, -0.1) is 0 Å². The number of hydrogen-bond donors (Lipinski definition) is 0. The Bertz CT molecular complexity index is 1410. The average molecular weight is 450 g/mol. The molecule has 0 aliphatic carbocycles. The molecule has 3 aromatic heterocycles. The van der Waals surface area contributed by atoms with Crippen LogP contribution < -0.4 is 0 Å². The van der Waals surface area contributed by atoms with E-state index in [4.69, 9.17) is 27.7 Å². The number of fused-ring (bicyclic) bond motifs is 1. The van der Waals surface area contributed by atoms with Crippen molar-refractivity contribution in [2.75, 3.05) is 0 Å². The molecule has 0 saturated heterocycles. The van der Waals surface area contributed by atoms with Crippen LogP contribution in [-0.2, 0) is 6.54 Å². The second kappa shape index (κ2) is 7.94. The molecule has 3 heterocycles. The highest BCUT2D eigenvalue weighted by molar-refractivity contribution is 6.35. The Hall–Kier alpha value is -3.55. The van der Waals surface area contributed by atoms with Crippen molar-refractivity contribution in [1.29, 1.82) is 0 Å². The lowest BCUT2D eigenvalue weighted by Gasteiger charge is -2.08. The zero-order chi connectivity index (χ0) is 21.4. The highest BCUT2D eigenvalue weighted by Crippen LogP contribution is 2.27. The molecule has 0 bridgehead atoms. The van der Waals surface area contributed by atoms with E-state index in [1.807, 2.05) is 34.9 Å². The van der Waals surface area contributed by atoms with Crippen LogP contribution in [0.2, 0.25) is 10.0 Å². The molecule has 5 aromatic rings. The van der Waals surface area contributed by atoms with Gasteiger partial charge < -0.3 is 9.09 Å². The van der Waals surface area contributed by atoms with Gasteiger partial charge in [-0.2, -0.15) is 4.98 Å². The van der Waals surface area contributed by atoms with Gasteiger partial charge in [0.2, 0.25) is 5.82 Å². The summed E-state index contributed by atoms with van der Waals surface area (Å²) < 4.78 is 7.18. The third-order valence-corrected chi connectivity index (χ3v) is 5.39. The van der Waals surface area contributed by atoms with Crippen LogP contribution in [0.4, 0.5) is 0 Å². The molecule has 5 rings (SSSR count). The summed E-state index contributed by atoms with van der Waals surface area (Å²) in [6.45, 7) is 0.471. The lowest BCUT2D eigenvalue weighted by atomic mass is 10.1. The number of nitrogens with zero attached hydrogens (tertiary/aromatic N) is 5. The van der Waals surface area contributed by atoms with Gasteiger partial charge in [-0.1, -0.05) is 52.6 Å². The normalized spacial score (nSPS) is 11.2. The molecule has 0 saturated carbocycles. The Labute approximate surface area is 186 Å². The van der Waals surface area contributed by atoms with Crippen molar-refractivity contribution >= 4 is 39.9 Å². The van der Waals surface area contributed by atoms with Gasteiger partial charge in [-0.05, 0) is 23.8 Å². The number of benzene rings is 2.